The van der Waals surface area contributed by atoms with E-state index in [1.54, 1.807) is 0 Å². The van der Waals surface area contributed by atoms with Crippen LogP contribution in [-0.4, -0.2) is 22.9 Å². The van der Waals surface area contributed by atoms with E-state index in [-0.39, 0.29) is 24.7 Å². The third kappa shape index (κ3) is 3.35. The van der Waals surface area contributed by atoms with Crippen molar-refractivity contribution in [1.29, 1.82) is 0 Å². The number of halogens is 3. The van der Waals surface area contributed by atoms with Crippen molar-refractivity contribution in [3.05, 3.63) is 17.8 Å². The van der Waals surface area contributed by atoms with Gasteiger partial charge in [0.1, 0.15) is 18.9 Å². The molecule has 1 rings (SSSR count). The van der Waals surface area contributed by atoms with Crippen LogP contribution in [0.25, 0.3) is 0 Å². The summed E-state index contributed by atoms with van der Waals surface area (Å²) in [7, 11) is 0. The van der Waals surface area contributed by atoms with Gasteiger partial charge in [-0.2, -0.15) is 13.2 Å². The van der Waals surface area contributed by atoms with Crippen LogP contribution in [0.5, 0.6) is 0 Å². The maximum Gasteiger partial charge on any atom is 0.411 e. The van der Waals surface area contributed by atoms with Gasteiger partial charge in [-0.3, -0.25) is 0 Å². The van der Waals surface area contributed by atoms with E-state index in [0.717, 1.165) is 6.39 Å². The standard InChI is InChI=1S/C7H8F3NO3/c8-7(9,10)3-13-2-6-5(1-12)11-4-14-6/h4,12H,1-3H2. The van der Waals surface area contributed by atoms with Crippen molar-refractivity contribution in [3.8, 4) is 0 Å². The first-order chi connectivity index (χ1) is 6.53. The molecule has 0 fully saturated rings. The second-order valence-corrected chi connectivity index (χ2v) is 2.49. The number of ether oxygens (including phenoxy) is 1. The number of alkyl halides is 3. The van der Waals surface area contributed by atoms with E-state index in [0.29, 0.717) is 0 Å². The van der Waals surface area contributed by atoms with Gasteiger partial charge in [0, 0.05) is 0 Å². The number of nitrogens with zero attached hydrogens (tertiary/aromatic N) is 1. The Morgan fingerprint density at radius 1 is 1.50 bits per heavy atom. The van der Waals surface area contributed by atoms with E-state index in [1.807, 2.05) is 0 Å². The molecular weight excluding hydrogens is 203 g/mol. The predicted octanol–water partition coefficient (Wildman–Crippen LogP) is 1.25. The number of oxazole rings is 1. The van der Waals surface area contributed by atoms with Gasteiger partial charge in [-0.15, -0.1) is 0 Å². The predicted molar refractivity (Wildman–Crippen MR) is 38.1 cm³/mol. The lowest BCUT2D eigenvalue weighted by molar-refractivity contribution is -0.177. The van der Waals surface area contributed by atoms with Gasteiger partial charge in [-0.05, 0) is 0 Å². The molecule has 7 heteroatoms. The van der Waals surface area contributed by atoms with Crippen LogP contribution in [-0.2, 0) is 18.0 Å². The lowest BCUT2D eigenvalue weighted by atomic mass is 10.4. The fourth-order valence-electron chi connectivity index (χ4n) is 0.799. The fourth-order valence-corrected chi connectivity index (χ4v) is 0.799. The van der Waals surface area contributed by atoms with Crippen molar-refractivity contribution >= 4 is 0 Å². The molecule has 80 valence electrons. The zero-order valence-electron chi connectivity index (χ0n) is 7.04. The van der Waals surface area contributed by atoms with Gasteiger partial charge < -0.3 is 14.3 Å². The first-order valence-corrected chi connectivity index (χ1v) is 3.69. The van der Waals surface area contributed by atoms with Crippen molar-refractivity contribution in [2.24, 2.45) is 0 Å². The SMILES string of the molecule is OCc1ncoc1COCC(F)(F)F. The topological polar surface area (TPSA) is 55.5 Å². The van der Waals surface area contributed by atoms with Crippen molar-refractivity contribution in [1.82, 2.24) is 4.98 Å². The lowest BCUT2D eigenvalue weighted by Crippen LogP contribution is -2.16. The van der Waals surface area contributed by atoms with Gasteiger partial charge >= 0.3 is 6.18 Å². The van der Waals surface area contributed by atoms with Crippen molar-refractivity contribution in [2.75, 3.05) is 6.61 Å². The van der Waals surface area contributed by atoms with E-state index in [4.69, 9.17) is 9.52 Å². The average molecular weight is 211 g/mol. The molecule has 0 unspecified atom stereocenters. The van der Waals surface area contributed by atoms with Crippen LogP contribution < -0.4 is 0 Å². The van der Waals surface area contributed by atoms with Crippen molar-refractivity contribution < 1.29 is 27.4 Å². The summed E-state index contributed by atoms with van der Waals surface area (Å²) in [6, 6.07) is 0. The number of hydrogen-bond donors (Lipinski definition) is 1. The van der Waals surface area contributed by atoms with E-state index in [1.165, 1.54) is 0 Å². The minimum atomic E-state index is -4.36. The summed E-state index contributed by atoms with van der Waals surface area (Å²) in [6.07, 6.45) is -3.32. The molecule has 4 nitrogen and oxygen atoms in total. The van der Waals surface area contributed by atoms with Crippen LogP contribution in [0.1, 0.15) is 11.5 Å². The number of aliphatic hydroxyl groups excluding tert-OH is 1. The molecule has 0 amide bonds. The van der Waals surface area contributed by atoms with Crippen LogP contribution in [0, 0.1) is 0 Å². The van der Waals surface area contributed by atoms with Crippen molar-refractivity contribution in [3.63, 3.8) is 0 Å². The molecule has 1 heterocycles. The van der Waals surface area contributed by atoms with Crippen LogP contribution in [0.4, 0.5) is 13.2 Å². The smallest absolute Gasteiger partial charge is 0.411 e. The van der Waals surface area contributed by atoms with Gasteiger partial charge in [-0.1, -0.05) is 0 Å². The molecule has 0 spiro atoms. The zero-order chi connectivity index (χ0) is 10.6. The third-order valence-corrected chi connectivity index (χ3v) is 1.37. The molecule has 0 aliphatic rings. The summed E-state index contributed by atoms with van der Waals surface area (Å²) >= 11 is 0. The van der Waals surface area contributed by atoms with Gasteiger partial charge in [0.25, 0.3) is 0 Å². The van der Waals surface area contributed by atoms with E-state index >= 15 is 0 Å². The summed E-state index contributed by atoms with van der Waals surface area (Å²) < 4.78 is 44.0. The zero-order valence-corrected chi connectivity index (χ0v) is 7.04. The lowest BCUT2D eigenvalue weighted by Gasteiger charge is -2.06. The molecular formula is C7H8F3NO3. The number of hydrogen-bond acceptors (Lipinski definition) is 4. The van der Waals surface area contributed by atoms with E-state index < -0.39 is 12.8 Å². The monoisotopic (exact) mass is 211 g/mol. The quantitative estimate of drug-likeness (QED) is 0.814. The molecule has 0 saturated carbocycles. The van der Waals surface area contributed by atoms with Crippen LogP contribution >= 0.6 is 0 Å². The van der Waals surface area contributed by atoms with Crippen LogP contribution in [0.15, 0.2) is 10.8 Å². The Morgan fingerprint density at radius 2 is 2.21 bits per heavy atom. The van der Waals surface area contributed by atoms with Crippen LogP contribution in [0.3, 0.4) is 0 Å². The highest BCUT2D eigenvalue weighted by molar-refractivity contribution is 5.04. The van der Waals surface area contributed by atoms with Crippen LogP contribution in [0.2, 0.25) is 0 Å². The highest BCUT2D eigenvalue weighted by Crippen LogP contribution is 2.16. The Balaban J connectivity index is 2.38. The van der Waals surface area contributed by atoms with Gasteiger partial charge in [0.05, 0.1) is 6.61 Å². The van der Waals surface area contributed by atoms with Crippen molar-refractivity contribution in [2.45, 2.75) is 19.4 Å². The highest BCUT2D eigenvalue weighted by atomic mass is 19.4. The number of aromatic nitrogens is 1. The molecule has 1 aromatic rings. The van der Waals surface area contributed by atoms with E-state index in [2.05, 4.69) is 9.72 Å². The molecule has 0 aliphatic carbocycles. The van der Waals surface area contributed by atoms with Gasteiger partial charge in [-0.25, -0.2) is 4.98 Å². The maximum atomic E-state index is 11.6. The molecule has 14 heavy (non-hydrogen) atoms. The van der Waals surface area contributed by atoms with Gasteiger partial charge in [0.2, 0.25) is 0 Å². The molecule has 0 aliphatic heterocycles. The Kier molecular flexibility index (Phi) is 3.48. The second-order valence-electron chi connectivity index (χ2n) is 2.49. The molecule has 0 saturated heterocycles. The Bertz CT molecular complexity index is 284. The fraction of sp³-hybridized carbons (Fsp3) is 0.571. The highest BCUT2D eigenvalue weighted by Gasteiger charge is 2.27. The Labute approximate surface area is 77.3 Å². The molecule has 0 atom stereocenters. The summed E-state index contributed by atoms with van der Waals surface area (Å²) in [6.45, 7) is -2.09. The summed E-state index contributed by atoms with van der Waals surface area (Å²) in [5, 5.41) is 8.67. The Morgan fingerprint density at radius 3 is 2.79 bits per heavy atom. The number of aliphatic hydroxyl groups is 1. The molecule has 1 aromatic heterocycles. The summed E-state index contributed by atoms with van der Waals surface area (Å²) in [5.74, 6) is 0.108. The first-order valence-electron chi connectivity index (χ1n) is 3.69. The molecule has 1 N–H and O–H groups in total. The third-order valence-electron chi connectivity index (χ3n) is 1.37. The Hall–Kier alpha value is -1.08. The normalized spacial score (nSPS) is 12.0. The minimum absolute atomic E-state index is 0.108. The van der Waals surface area contributed by atoms with E-state index in [9.17, 15) is 13.2 Å². The molecule has 0 radical (unpaired) electrons. The van der Waals surface area contributed by atoms with Gasteiger partial charge in [0.15, 0.2) is 12.2 Å². The molecule has 0 aromatic carbocycles. The largest absolute Gasteiger partial charge is 0.446 e. The maximum absolute atomic E-state index is 11.6. The summed E-state index contributed by atoms with van der Waals surface area (Å²) in [4.78, 5) is 3.57. The summed E-state index contributed by atoms with van der Waals surface area (Å²) in [5.41, 5.74) is 0.187. The first kappa shape index (κ1) is 11.0. The average Bonchev–Trinajstić information content (AvgIpc) is 2.49. The number of rotatable bonds is 4. The molecule has 0 bridgehead atoms. The minimum Gasteiger partial charge on any atom is -0.446 e. The second kappa shape index (κ2) is 4.43.